The van der Waals surface area contributed by atoms with Gasteiger partial charge in [0, 0.05) is 6.54 Å². The number of nitrogens with one attached hydrogen (secondary N) is 2. The minimum atomic E-state index is -4.70. The molecule has 0 saturated heterocycles. The summed E-state index contributed by atoms with van der Waals surface area (Å²) in [5.41, 5.74) is -0.986. The van der Waals surface area contributed by atoms with Gasteiger partial charge in [-0.25, -0.2) is 13.1 Å². The molecule has 168 valence electrons. The summed E-state index contributed by atoms with van der Waals surface area (Å²) in [5, 5.41) is 2.72. The van der Waals surface area contributed by atoms with E-state index in [2.05, 4.69) is 5.32 Å². The summed E-state index contributed by atoms with van der Waals surface area (Å²) in [7, 11) is -4.29. The van der Waals surface area contributed by atoms with Crippen LogP contribution in [0, 0.1) is 0 Å². The van der Waals surface area contributed by atoms with Crippen molar-refractivity contribution in [3.05, 3.63) is 58.1 Å². The zero-order valence-electron chi connectivity index (χ0n) is 15.5. The number of carbonyl (C=O) groups is 2. The second-order valence-electron chi connectivity index (χ2n) is 5.98. The van der Waals surface area contributed by atoms with Crippen LogP contribution < -0.4 is 10.0 Å². The highest BCUT2D eigenvalue weighted by Gasteiger charge is 2.31. The highest BCUT2D eigenvalue weighted by Crippen LogP contribution is 2.31. The van der Waals surface area contributed by atoms with Crippen LogP contribution in [-0.4, -0.2) is 33.4 Å². The Balaban J connectivity index is 1.83. The van der Waals surface area contributed by atoms with Gasteiger partial charge in [-0.1, -0.05) is 35.3 Å². The number of amides is 1. The van der Waals surface area contributed by atoms with Gasteiger partial charge in [0.2, 0.25) is 10.0 Å². The standard InChI is InChI=1S/C18H15Cl2F3N2O5S/c19-13-5-2-6-14(20)17(13)25-15(26)10-30-16(27)7-8-24-31(28,29)12-4-1-3-11(9-12)18(21,22)23/h1-6,9,24H,7-8,10H2,(H,25,26). The zero-order chi connectivity index (χ0) is 23.2. The summed E-state index contributed by atoms with van der Waals surface area (Å²) in [4.78, 5) is 22.9. The van der Waals surface area contributed by atoms with E-state index in [9.17, 15) is 31.2 Å². The van der Waals surface area contributed by atoms with Crippen LogP contribution in [0.4, 0.5) is 18.9 Å². The number of para-hydroxylation sites is 1. The molecule has 0 heterocycles. The number of sulfonamides is 1. The van der Waals surface area contributed by atoms with E-state index in [-0.39, 0.29) is 15.7 Å². The van der Waals surface area contributed by atoms with Crippen molar-refractivity contribution >= 4 is 50.8 Å². The van der Waals surface area contributed by atoms with E-state index >= 15 is 0 Å². The number of benzene rings is 2. The lowest BCUT2D eigenvalue weighted by Crippen LogP contribution is -2.28. The third-order valence-electron chi connectivity index (χ3n) is 3.68. The first kappa shape index (κ1) is 24.9. The summed E-state index contributed by atoms with van der Waals surface area (Å²) < 4.78 is 69.1. The molecule has 2 N–H and O–H groups in total. The maximum atomic E-state index is 12.7. The van der Waals surface area contributed by atoms with E-state index in [1.807, 2.05) is 4.72 Å². The number of esters is 1. The largest absolute Gasteiger partial charge is 0.456 e. The van der Waals surface area contributed by atoms with Crippen molar-refractivity contribution in [1.82, 2.24) is 4.72 Å². The Morgan fingerprint density at radius 1 is 1.03 bits per heavy atom. The number of ether oxygens (including phenoxy) is 1. The molecule has 0 aliphatic rings. The van der Waals surface area contributed by atoms with Crippen LogP contribution in [0.5, 0.6) is 0 Å². The second kappa shape index (κ2) is 10.3. The molecule has 7 nitrogen and oxygen atoms in total. The Morgan fingerprint density at radius 3 is 2.26 bits per heavy atom. The molecule has 0 unspecified atom stereocenters. The van der Waals surface area contributed by atoms with E-state index in [4.69, 9.17) is 27.9 Å². The van der Waals surface area contributed by atoms with Crippen LogP contribution in [-0.2, 0) is 30.5 Å². The number of hydrogen-bond acceptors (Lipinski definition) is 5. The molecule has 2 aromatic rings. The fraction of sp³-hybridized carbons (Fsp3) is 0.222. The zero-order valence-corrected chi connectivity index (χ0v) is 17.8. The van der Waals surface area contributed by atoms with Gasteiger partial charge in [0.05, 0.1) is 32.6 Å². The van der Waals surface area contributed by atoms with Gasteiger partial charge in [0.15, 0.2) is 6.61 Å². The Kier molecular flexibility index (Phi) is 8.29. The van der Waals surface area contributed by atoms with Gasteiger partial charge < -0.3 is 10.1 Å². The van der Waals surface area contributed by atoms with Crippen molar-refractivity contribution in [2.45, 2.75) is 17.5 Å². The van der Waals surface area contributed by atoms with Crippen molar-refractivity contribution < 1.29 is 35.9 Å². The van der Waals surface area contributed by atoms with Gasteiger partial charge in [0.25, 0.3) is 5.91 Å². The molecule has 31 heavy (non-hydrogen) atoms. The first-order valence-electron chi connectivity index (χ1n) is 8.46. The highest BCUT2D eigenvalue weighted by molar-refractivity contribution is 7.89. The van der Waals surface area contributed by atoms with E-state index in [1.54, 1.807) is 6.07 Å². The average molecular weight is 499 g/mol. The quantitative estimate of drug-likeness (QED) is 0.538. The van der Waals surface area contributed by atoms with Gasteiger partial charge in [0.1, 0.15) is 0 Å². The van der Waals surface area contributed by atoms with Gasteiger partial charge in [-0.15, -0.1) is 0 Å². The highest BCUT2D eigenvalue weighted by atomic mass is 35.5. The smallest absolute Gasteiger partial charge is 0.416 e. The minimum absolute atomic E-state index is 0.140. The van der Waals surface area contributed by atoms with Gasteiger partial charge >= 0.3 is 12.1 Å². The summed E-state index contributed by atoms with van der Waals surface area (Å²) in [6, 6.07) is 7.70. The summed E-state index contributed by atoms with van der Waals surface area (Å²) >= 11 is 11.8. The van der Waals surface area contributed by atoms with E-state index in [1.165, 1.54) is 12.1 Å². The van der Waals surface area contributed by atoms with Crippen LogP contribution in [0.15, 0.2) is 47.4 Å². The predicted octanol–water partition coefficient (Wildman–Crippen LogP) is 3.86. The Hall–Kier alpha value is -2.34. The molecule has 0 saturated carbocycles. The van der Waals surface area contributed by atoms with Gasteiger partial charge in [-0.2, -0.15) is 13.2 Å². The lowest BCUT2D eigenvalue weighted by atomic mass is 10.2. The first-order chi connectivity index (χ1) is 14.4. The SMILES string of the molecule is O=C(COC(=O)CCNS(=O)(=O)c1cccc(C(F)(F)F)c1)Nc1c(Cl)cccc1Cl. The number of alkyl halides is 3. The fourth-order valence-corrected chi connectivity index (χ4v) is 3.79. The topological polar surface area (TPSA) is 102 Å². The van der Waals surface area contributed by atoms with Crippen molar-refractivity contribution in [3.8, 4) is 0 Å². The van der Waals surface area contributed by atoms with Crippen molar-refractivity contribution in [2.24, 2.45) is 0 Å². The molecule has 2 aromatic carbocycles. The van der Waals surface area contributed by atoms with Crippen LogP contribution in [0.1, 0.15) is 12.0 Å². The fourth-order valence-electron chi connectivity index (χ4n) is 2.22. The molecule has 0 spiro atoms. The van der Waals surface area contributed by atoms with Gasteiger partial charge in [-0.3, -0.25) is 9.59 Å². The summed E-state index contributed by atoms with van der Waals surface area (Å²) in [6.07, 6.45) is -5.16. The Morgan fingerprint density at radius 2 is 1.65 bits per heavy atom. The number of carbonyl (C=O) groups excluding carboxylic acids is 2. The number of halogens is 5. The minimum Gasteiger partial charge on any atom is -0.456 e. The van der Waals surface area contributed by atoms with Crippen molar-refractivity contribution in [3.63, 3.8) is 0 Å². The summed E-state index contributed by atoms with van der Waals surface area (Å²) in [5.74, 6) is -1.64. The van der Waals surface area contributed by atoms with Gasteiger partial charge in [-0.05, 0) is 30.3 Å². The van der Waals surface area contributed by atoms with Crippen LogP contribution >= 0.6 is 23.2 Å². The second-order valence-corrected chi connectivity index (χ2v) is 8.56. The molecule has 1 amide bonds. The molecule has 0 bridgehead atoms. The van der Waals surface area contributed by atoms with Crippen LogP contribution in [0.25, 0.3) is 0 Å². The normalized spacial score (nSPS) is 11.8. The molecule has 0 aliphatic heterocycles. The molecule has 0 atom stereocenters. The Labute approximate surface area is 185 Å². The maximum absolute atomic E-state index is 12.7. The molecular formula is C18H15Cl2F3N2O5S. The Bertz CT molecular complexity index is 1060. The van der Waals surface area contributed by atoms with Crippen molar-refractivity contribution in [1.29, 1.82) is 0 Å². The third kappa shape index (κ3) is 7.39. The monoisotopic (exact) mass is 498 g/mol. The van der Waals surface area contributed by atoms with Crippen LogP contribution in [0.2, 0.25) is 10.0 Å². The lowest BCUT2D eigenvalue weighted by molar-refractivity contribution is -0.147. The lowest BCUT2D eigenvalue weighted by Gasteiger charge is -2.11. The van der Waals surface area contributed by atoms with E-state index in [0.717, 1.165) is 18.2 Å². The first-order valence-corrected chi connectivity index (χ1v) is 10.7. The molecule has 2 rings (SSSR count). The molecule has 0 fully saturated rings. The molecule has 0 aliphatic carbocycles. The van der Waals surface area contributed by atoms with E-state index in [0.29, 0.717) is 6.07 Å². The molecule has 0 radical (unpaired) electrons. The summed E-state index contributed by atoms with van der Waals surface area (Å²) in [6.45, 7) is -1.13. The number of anilines is 1. The molecule has 0 aromatic heterocycles. The maximum Gasteiger partial charge on any atom is 0.416 e. The third-order valence-corrected chi connectivity index (χ3v) is 5.77. The number of rotatable bonds is 8. The van der Waals surface area contributed by atoms with Crippen molar-refractivity contribution in [2.75, 3.05) is 18.5 Å². The molecular weight excluding hydrogens is 484 g/mol. The number of hydrogen-bond donors (Lipinski definition) is 2. The van der Waals surface area contributed by atoms with E-state index < -0.39 is 58.1 Å². The average Bonchev–Trinajstić information content (AvgIpc) is 2.68. The molecule has 13 heteroatoms. The predicted molar refractivity (Wildman–Crippen MR) is 107 cm³/mol. The van der Waals surface area contributed by atoms with Crippen LogP contribution in [0.3, 0.4) is 0 Å².